The molecule has 2 heterocycles. The third kappa shape index (κ3) is 4.19. The number of unbranched alkanes of at least 4 members (excludes halogenated alkanes) is 2. The van der Waals surface area contributed by atoms with Crippen LogP contribution in [-0.4, -0.2) is 22.2 Å². The summed E-state index contributed by atoms with van der Waals surface area (Å²) in [7, 11) is 0. The summed E-state index contributed by atoms with van der Waals surface area (Å²) in [5.74, 6) is 0.539. The maximum absolute atomic E-state index is 13.5. The summed E-state index contributed by atoms with van der Waals surface area (Å²) in [5, 5.41) is 13.2. The van der Waals surface area contributed by atoms with E-state index in [1.165, 1.54) is 30.2 Å². The largest absolute Gasteiger partial charge is 0.370 e. The molecular weight excluding hydrogens is 395 g/mol. The minimum atomic E-state index is -0.231. The number of pyridine rings is 1. The lowest BCUT2D eigenvalue weighted by molar-refractivity contribution is 0.628. The van der Waals surface area contributed by atoms with Gasteiger partial charge in [0.15, 0.2) is 0 Å². The van der Waals surface area contributed by atoms with Gasteiger partial charge in [0.05, 0.1) is 21.3 Å². The predicted octanol–water partition coefficient (Wildman–Crippen LogP) is 6.21. The van der Waals surface area contributed by atoms with Crippen molar-refractivity contribution in [2.45, 2.75) is 40.0 Å². The topological polar surface area (TPSA) is 61.7 Å². The highest BCUT2D eigenvalue weighted by Gasteiger charge is 2.26. The maximum atomic E-state index is 13.5. The summed E-state index contributed by atoms with van der Waals surface area (Å²) in [4.78, 5) is 9.92. The number of hydrogen-bond donors (Lipinski definition) is 2. The molecule has 0 bridgehead atoms. The zero-order valence-electron chi connectivity index (χ0n) is 17.5. The third-order valence-corrected chi connectivity index (χ3v) is 6.31. The zero-order chi connectivity index (χ0) is 21.3. The average Bonchev–Trinajstić information content (AvgIpc) is 3.28. The van der Waals surface area contributed by atoms with Gasteiger partial charge in [0, 0.05) is 23.9 Å². The van der Waals surface area contributed by atoms with Gasteiger partial charge in [-0.25, -0.2) is 14.4 Å². The Morgan fingerprint density at radius 3 is 2.73 bits per heavy atom. The fourth-order valence-electron chi connectivity index (χ4n) is 3.60. The van der Waals surface area contributed by atoms with Gasteiger partial charge in [-0.1, -0.05) is 25.8 Å². The molecule has 0 unspecified atom stereocenters. The molecule has 6 heteroatoms. The van der Waals surface area contributed by atoms with Crippen LogP contribution in [0.25, 0.3) is 11.6 Å². The lowest BCUT2D eigenvalue weighted by Gasteiger charge is -2.11. The highest BCUT2D eigenvalue weighted by atomic mass is 32.1. The molecule has 1 aliphatic rings. The average molecular weight is 421 g/mol. The van der Waals surface area contributed by atoms with Crippen molar-refractivity contribution in [3.8, 4) is 0 Å². The maximum Gasteiger partial charge on any atom is 0.126 e. The Balaban J connectivity index is 1.69. The molecule has 3 aromatic rings. The summed E-state index contributed by atoms with van der Waals surface area (Å²) in [5.41, 5.74) is 5.97. The van der Waals surface area contributed by atoms with E-state index < -0.39 is 0 Å². The van der Waals surface area contributed by atoms with Crippen LogP contribution in [0.2, 0.25) is 0 Å². The van der Waals surface area contributed by atoms with Gasteiger partial charge in [0.2, 0.25) is 0 Å². The smallest absolute Gasteiger partial charge is 0.126 e. The van der Waals surface area contributed by atoms with E-state index >= 15 is 0 Å². The number of nitrogens with one attached hydrogen (secondary N) is 2. The Bertz CT molecular complexity index is 1150. The molecule has 0 spiro atoms. The van der Waals surface area contributed by atoms with Crippen molar-refractivity contribution in [1.82, 2.24) is 9.97 Å². The molecule has 0 fully saturated rings. The van der Waals surface area contributed by atoms with Crippen LogP contribution in [0.1, 0.15) is 64.0 Å². The quantitative estimate of drug-likeness (QED) is 0.263. The van der Waals surface area contributed by atoms with Crippen molar-refractivity contribution < 1.29 is 4.39 Å². The van der Waals surface area contributed by atoms with E-state index in [0.717, 1.165) is 62.2 Å². The molecule has 4 rings (SSSR count). The Morgan fingerprint density at radius 2 is 2.03 bits per heavy atom. The van der Waals surface area contributed by atoms with Crippen LogP contribution in [-0.2, 0) is 0 Å². The summed E-state index contributed by atoms with van der Waals surface area (Å²) in [6.07, 6.45) is 7.24. The number of nitrogens with zero attached hydrogens (tertiary/aromatic N) is 2. The van der Waals surface area contributed by atoms with E-state index in [0.29, 0.717) is 5.71 Å². The van der Waals surface area contributed by atoms with E-state index in [1.54, 1.807) is 18.3 Å². The number of rotatable bonds is 8. The van der Waals surface area contributed by atoms with Gasteiger partial charge in [-0.15, -0.1) is 11.3 Å². The monoisotopic (exact) mass is 420 g/mol. The summed E-state index contributed by atoms with van der Waals surface area (Å²) in [6.45, 7) is 6.94. The van der Waals surface area contributed by atoms with Crippen molar-refractivity contribution >= 4 is 34.5 Å². The fraction of sp³-hybridized carbons (Fsp3) is 0.292. The number of fused-ring (bicyclic) bond motifs is 1. The van der Waals surface area contributed by atoms with Crippen LogP contribution in [0.5, 0.6) is 0 Å². The number of aryl methyl sites for hydroxylation is 2. The van der Waals surface area contributed by atoms with Gasteiger partial charge in [0.1, 0.15) is 11.6 Å². The van der Waals surface area contributed by atoms with Crippen molar-refractivity contribution in [2.75, 3.05) is 11.9 Å². The Kier molecular flexibility index (Phi) is 5.77. The van der Waals surface area contributed by atoms with Gasteiger partial charge in [-0.3, -0.25) is 5.41 Å². The van der Waals surface area contributed by atoms with Gasteiger partial charge in [-0.2, -0.15) is 0 Å². The second-order valence-electron chi connectivity index (χ2n) is 7.56. The number of hydrogen-bond acceptors (Lipinski definition) is 5. The first kappa shape index (κ1) is 20.4. The highest BCUT2D eigenvalue weighted by Crippen LogP contribution is 2.44. The third-order valence-electron chi connectivity index (χ3n) is 5.22. The van der Waals surface area contributed by atoms with Gasteiger partial charge >= 0.3 is 0 Å². The molecule has 4 nitrogen and oxygen atoms in total. The van der Waals surface area contributed by atoms with Crippen LogP contribution < -0.4 is 5.32 Å². The number of anilines is 1. The molecule has 1 aliphatic carbocycles. The van der Waals surface area contributed by atoms with Crippen LogP contribution in [0.3, 0.4) is 0 Å². The Labute approximate surface area is 180 Å². The summed E-state index contributed by atoms with van der Waals surface area (Å²) >= 11 is 1.53. The van der Waals surface area contributed by atoms with Gasteiger partial charge < -0.3 is 5.32 Å². The van der Waals surface area contributed by atoms with E-state index in [2.05, 4.69) is 22.2 Å². The lowest BCUT2D eigenvalue weighted by Crippen LogP contribution is -2.08. The molecule has 0 amide bonds. The van der Waals surface area contributed by atoms with Crippen LogP contribution in [0.4, 0.5) is 10.2 Å². The van der Waals surface area contributed by atoms with E-state index in [1.807, 2.05) is 26.0 Å². The molecule has 154 valence electrons. The SMILES string of the molecule is CCCCCNc1cc(C(=N)c2sc(C)nc2C)c(/C=C2\c3ccc(F)cc32)cn1. The van der Waals surface area contributed by atoms with Crippen molar-refractivity contribution in [3.63, 3.8) is 0 Å². The van der Waals surface area contributed by atoms with Crippen molar-refractivity contribution in [2.24, 2.45) is 0 Å². The molecule has 0 atom stereocenters. The van der Waals surface area contributed by atoms with E-state index in [4.69, 9.17) is 5.41 Å². The summed E-state index contributed by atoms with van der Waals surface area (Å²) in [6, 6.07) is 6.78. The first-order chi connectivity index (χ1) is 14.5. The minimum Gasteiger partial charge on any atom is -0.370 e. The molecule has 0 aliphatic heterocycles. The van der Waals surface area contributed by atoms with Crippen LogP contribution >= 0.6 is 11.3 Å². The zero-order valence-corrected chi connectivity index (χ0v) is 18.3. The van der Waals surface area contributed by atoms with Gasteiger partial charge in [-0.05, 0) is 61.2 Å². The number of benzene rings is 1. The van der Waals surface area contributed by atoms with Crippen molar-refractivity contribution in [1.29, 1.82) is 5.41 Å². The van der Waals surface area contributed by atoms with E-state index in [9.17, 15) is 4.39 Å². The first-order valence-corrected chi connectivity index (χ1v) is 11.1. The second-order valence-corrected chi connectivity index (χ2v) is 8.76. The predicted molar refractivity (Wildman–Crippen MR) is 123 cm³/mol. The normalized spacial score (nSPS) is 13.4. The molecule has 0 saturated carbocycles. The van der Waals surface area contributed by atoms with Crippen molar-refractivity contribution in [3.05, 3.63) is 74.1 Å². The van der Waals surface area contributed by atoms with Crippen LogP contribution in [0.15, 0.2) is 30.5 Å². The molecule has 0 saturated heterocycles. The molecule has 1 aromatic carbocycles. The fourth-order valence-corrected chi connectivity index (χ4v) is 4.48. The molecule has 2 N–H and O–H groups in total. The molecule has 30 heavy (non-hydrogen) atoms. The molecule has 2 aromatic heterocycles. The number of aromatic nitrogens is 2. The first-order valence-electron chi connectivity index (χ1n) is 10.3. The highest BCUT2D eigenvalue weighted by molar-refractivity contribution is 7.14. The molecule has 0 radical (unpaired) electrons. The van der Waals surface area contributed by atoms with Gasteiger partial charge in [0.25, 0.3) is 0 Å². The number of thiazole rings is 1. The second kappa shape index (κ2) is 8.48. The lowest BCUT2D eigenvalue weighted by atomic mass is 10.0. The Hall–Kier alpha value is -2.86. The van der Waals surface area contributed by atoms with E-state index in [-0.39, 0.29) is 5.82 Å². The van der Waals surface area contributed by atoms with Crippen LogP contribution in [0, 0.1) is 25.1 Å². The minimum absolute atomic E-state index is 0.231. The Morgan fingerprint density at radius 1 is 1.20 bits per heavy atom. The number of halogens is 1. The molecular formula is C24H25FN4S. The summed E-state index contributed by atoms with van der Waals surface area (Å²) < 4.78 is 13.5. The standard InChI is InChI=1S/C24H25FN4S/c1-4-5-6-9-27-22-12-19(23(26)24-14(2)29-15(3)30-24)16(13-28-22)10-20-18-8-7-17(25)11-21(18)20/h7-8,10-13,26H,4-6,9H2,1-3H3,(H,27,28)/b20-10+,26-23?.